The normalized spacial score (nSPS) is 54.8. The standard InChI is InChI=1S/C18H32O7/c1-5-8-9-6-11(18(4,15(8)23)17(9,2)3)25-16-14(22)13(21)12(20)10(7-19)24-16/h8-16,19-23H,5-7H2,1-4H3/t8-,9+,10+,11+,12+,13-,14+,15+,16-,18-/m0/s1. The topological polar surface area (TPSA) is 120 Å². The highest BCUT2D eigenvalue weighted by atomic mass is 16.7. The number of hydrogen-bond acceptors (Lipinski definition) is 7. The Kier molecular flexibility index (Phi) is 4.99. The fourth-order valence-corrected chi connectivity index (χ4v) is 5.58. The molecule has 10 atom stereocenters. The Morgan fingerprint density at radius 2 is 1.68 bits per heavy atom. The molecule has 7 nitrogen and oxygen atoms in total. The molecule has 5 N–H and O–H groups in total. The highest BCUT2D eigenvalue weighted by Gasteiger charge is 2.70. The second-order valence-electron chi connectivity index (χ2n) is 8.69. The summed E-state index contributed by atoms with van der Waals surface area (Å²) in [6, 6.07) is 0. The minimum absolute atomic E-state index is 0.133. The smallest absolute Gasteiger partial charge is 0.186 e. The van der Waals surface area contributed by atoms with E-state index in [2.05, 4.69) is 20.8 Å². The first-order chi connectivity index (χ1) is 11.6. The molecule has 0 radical (unpaired) electrons. The average molecular weight is 360 g/mol. The third-order valence-electron chi connectivity index (χ3n) is 7.61. The van der Waals surface area contributed by atoms with Gasteiger partial charge in [-0.2, -0.15) is 0 Å². The molecule has 7 heteroatoms. The summed E-state index contributed by atoms with van der Waals surface area (Å²) in [5.41, 5.74) is -0.636. The van der Waals surface area contributed by atoms with Gasteiger partial charge in [-0.25, -0.2) is 0 Å². The van der Waals surface area contributed by atoms with Crippen LogP contribution in [0.25, 0.3) is 0 Å². The second kappa shape index (κ2) is 6.41. The number of rotatable bonds is 4. The van der Waals surface area contributed by atoms with Gasteiger partial charge >= 0.3 is 0 Å². The van der Waals surface area contributed by atoms with Gasteiger partial charge in [-0.05, 0) is 23.7 Å². The fourth-order valence-electron chi connectivity index (χ4n) is 5.58. The Balaban J connectivity index is 1.80. The third-order valence-corrected chi connectivity index (χ3v) is 7.61. The van der Waals surface area contributed by atoms with Crippen LogP contribution in [0.3, 0.4) is 0 Å². The van der Waals surface area contributed by atoms with Crippen LogP contribution in [0.15, 0.2) is 0 Å². The maximum Gasteiger partial charge on any atom is 0.186 e. The van der Waals surface area contributed by atoms with Crippen LogP contribution in [0.5, 0.6) is 0 Å². The summed E-state index contributed by atoms with van der Waals surface area (Å²) < 4.78 is 11.5. The lowest BCUT2D eigenvalue weighted by atomic mass is 9.68. The van der Waals surface area contributed by atoms with Gasteiger partial charge in [0.1, 0.15) is 24.4 Å². The van der Waals surface area contributed by atoms with Crippen molar-refractivity contribution in [1.29, 1.82) is 0 Å². The highest BCUT2D eigenvalue weighted by Crippen LogP contribution is 2.69. The Hall–Kier alpha value is -0.280. The summed E-state index contributed by atoms with van der Waals surface area (Å²) in [4.78, 5) is 0. The predicted molar refractivity (Wildman–Crippen MR) is 88.4 cm³/mol. The molecule has 146 valence electrons. The monoisotopic (exact) mass is 360 g/mol. The number of ether oxygens (including phenoxy) is 2. The first kappa shape index (κ1) is 19.5. The molecule has 1 saturated heterocycles. The van der Waals surface area contributed by atoms with Gasteiger partial charge in [-0.3, -0.25) is 0 Å². The Morgan fingerprint density at radius 1 is 1.04 bits per heavy atom. The van der Waals surface area contributed by atoms with Crippen LogP contribution in [0.2, 0.25) is 0 Å². The van der Waals surface area contributed by atoms with Crippen molar-refractivity contribution in [3.8, 4) is 0 Å². The van der Waals surface area contributed by atoms with E-state index in [1.54, 1.807) is 0 Å². The molecule has 2 saturated carbocycles. The number of aliphatic hydroxyl groups is 5. The molecule has 0 amide bonds. The maximum atomic E-state index is 10.9. The van der Waals surface area contributed by atoms with Gasteiger partial charge in [0.25, 0.3) is 0 Å². The van der Waals surface area contributed by atoms with Crippen molar-refractivity contribution in [3.05, 3.63) is 0 Å². The fraction of sp³-hybridized carbons (Fsp3) is 1.00. The Morgan fingerprint density at radius 3 is 2.20 bits per heavy atom. The van der Waals surface area contributed by atoms with Gasteiger partial charge < -0.3 is 35.0 Å². The number of aliphatic hydroxyl groups excluding tert-OH is 5. The van der Waals surface area contributed by atoms with E-state index in [0.717, 1.165) is 12.8 Å². The van der Waals surface area contributed by atoms with E-state index < -0.39 is 48.8 Å². The lowest BCUT2D eigenvalue weighted by Crippen LogP contribution is -2.61. The molecule has 3 rings (SSSR count). The van der Waals surface area contributed by atoms with Crippen molar-refractivity contribution in [2.24, 2.45) is 22.7 Å². The van der Waals surface area contributed by atoms with Crippen molar-refractivity contribution < 1.29 is 35.0 Å². The van der Waals surface area contributed by atoms with E-state index in [1.165, 1.54) is 0 Å². The molecule has 1 aliphatic heterocycles. The van der Waals surface area contributed by atoms with Crippen LogP contribution in [0, 0.1) is 22.7 Å². The van der Waals surface area contributed by atoms with Crippen LogP contribution in [-0.2, 0) is 9.47 Å². The van der Waals surface area contributed by atoms with E-state index in [0.29, 0.717) is 5.92 Å². The highest BCUT2D eigenvalue weighted by molar-refractivity contribution is 5.18. The van der Waals surface area contributed by atoms with Crippen molar-refractivity contribution >= 4 is 0 Å². The molecule has 0 spiro atoms. The molecule has 3 aliphatic rings. The zero-order chi connectivity index (χ0) is 18.7. The molecule has 0 aromatic rings. The molecule has 2 aliphatic carbocycles. The van der Waals surface area contributed by atoms with Gasteiger partial charge in [-0.1, -0.05) is 34.1 Å². The predicted octanol–water partition coefficient (Wildman–Crippen LogP) is -0.375. The van der Waals surface area contributed by atoms with Crippen LogP contribution in [-0.4, -0.2) is 75.1 Å². The summed E-state index contributed by atoms with van der Waals surface area (Å²) in [6.07, 6.45) is -5.62. The van der Waals surface area contributed by atoms with Gasteiger partial charge in [0.2, 0.25) is 0 Å². The quantitative estimate of drug-likeness (QED) is 0.464. The molecule has 2 bridgehead atoms. The summed E-state index contributed by atoms with van der Waals surface area (Å²) in [6.45, 7) is 7.91. The van der Waals surface area contributed by atoms with Crippen molar-refractivity contribution in [3.63, 3.8) is 0 Å². The lowest BCUT2D eigenvalue weighted by Gasteiger charge is -2.46. The maximum absolute atomic E-state index is 10.9. The largest absolute Gasteiger partial charge is 0.394 e. The Labute approximate surface area is 148 Å². The zero-order valence-corrected chi connectivity index (χ0v) is 15.4. The summed E-state index contributed by atoms with van der Waals surface area (Å²) in [7, 11) is 0. The van der Waals surface area contributed by atoms with E-state index >= 15 is 0 Å². The second-order valence-corrected chi connectivity index (χ2v) is 8.69. The average Bonchev–Trinajstić information content (AvgIpc) is 2.85. The minimum atomic E-state index is -1.45. The molecule has 3 fully saturated rings. The van der Waals surface area contributed by atoms with E-state index in [1.807, 2.05) is 6.92 Å². The van der Waals surface area contributed by atoms with Crippen molar-refractivity contribution in [2.45, 2.75) is 83.5 Å². The SMILES string of the molecule is CC[C@H]1[C@H]2C[C@@H](O[C@@H]3O[C@H](CO)[C@@H](O)[C@H](O)[C@H]3O)[C@@](C)([C@@H]1O)C2(C)C. The lowest BCUT2D eigenvalue weighted by molar-refractivity contribution is -0.323. The van der Waals surface area contributed by atoms with Crippen LogP contribution < -0.4 is 0 Å². The Bertz CT molecular complexity index is 496. The first-order valence-electron chi connectivity index (χ1n) is 9.25. The van der Waals surface area contributed by atoms with Gasteiger partial charge in [0.15, 0.2) is 6.29 Å². The van der Waals surface area contributed by atoms with Gasteiger partial charge in [-0.15, -0.1) is 0 Å². The zero-order valence-electron chi connectivity index (χ0n) is 15.4. The van der Waals surface area contributed by atoms with Gasteiger partial charge in [0.05, 0.1) is 18.8 Å². The molecule has 25 heavy (non-hydrogen) atoms. The molecule has 0 unspecified atom stereocenters. The summed E-state index contributed by atoms with van der Waals surface area (Å²) in [5.74, 6) is 0.516. The van der Waals surface area contributed by atoms with Crippen LogP contribution in [0.4, 0.5) is 0 Å². The van der Waals surface area contributed by atoms with Crippen LogP contribution >= 0.6 is 0 Å². The molecule has 0 aromatic heterocycles. The van der Waals surface area contributed by atoms with Crippen LogP contribution in [0.1, 0.15) is 40.5 Å². The molecular weight excluding hydrogens is 328 g/mol. The van der Waals surface area contributed by atoms with Gasteiger partial charge in [0, 0.05) is 5.41 Å². The van der Waals surface area contributed by atoms with E-state index in [-0.39, 0.29) is 17.4 Å². The van der Waals surface area contributed by atoms with E-state index in [9.17, 15) is 25.5 Å². The van der Waals surface area contributed by atoms with Crippen molar-refractivity contribution in [2.75, 3.05) is 6.61 Å². The molecule has 0 aromatic carbocycles. The molecule has 1 heterocycles. The number of hydrogen-bond donors (Lipinski definition) is 5. The molecular formula is C18H32O7. The summed E-state index contributed by atoms with van der Waals surface area (Å²) in [5, 5.41) is 50.3. The first-order valence-corrected chi connectivity index (χ1v) is 9.25. The van der Waals surface area contributed by atoms with E-state index in [4.69, 9.17) is 9.47 Å². The van der Waals surface area contributed by atoms with Crippen molar-refractivity contribution in [1.82, 2.24) is 0 Å². The summed E-state index contributed by atoms with van der Waals surface area (Å²) >= 11 is 0. The number of fused-ring (bicyclic) bond motifs is 2. The third kappa shape index (κ3) is 2.51. The minimum Gasteiger partial charge on any atom is -0.394 e.